The number of hydrogen-bond acceptors (Lipinski definition) is 6. The van der Waals surface area contributed by atoms with E-state index < -0.39 is 5.78 Å². The Morgan fingerprint density at radius 2 is 1.45 bits per heavy atom. The quantitative estimate of drug-likeness (QED) is 0.690. The second-order valence-corrected chi connectivity index (χ2v) is 4.82. The van der Waals surface area contributed by atoms with Crippen molar-refractivity contribution in [2.24, 2.45) is 0 Å². The predicted molar refractivity (Wildman–Crippen MR) is 75.1 cm³/mol. The molecule has 0 atom stereocenters. The lowest BCUT2D eigenvalue weighted by Gasteiger charge is -2.16. The van der Waals surface area contributed by atoms with Crippen molar-refractivity contribution >= 4 is 17.3 Å². The third-order valence-corrected chi connectivity index (χ3v) is 3.54. The molecule has 22 heavy (non-hydrogen) atoms. The fourth-order valence-corrected chi connectivity index (χ4v) is 2.42. The van der Waals surface area contributed by atoms with E-state index in [9.17, 15) is 14.4 Å². The topological polar surface area (TPSA) is 82.8 Å². The van der Waals surface area contributed by atoms with E-state index in [4.69, 9.17) is 13.9 Å². The van der Waals surface area contributed by atoms with Gasteiger partial charge in [-0.2, -0.15) is 0 Å². The summed E-state index contributed by atoms with van der Waals surface area (Å²) < 4.78 is 15.5. The van der Waals surface area contributed by atoms with Crippen LogP contribution < -0.4 is 9.47 Å². The van der Waals surface area contributed by atoms with Crippen molar-refractivity contribution in [1.29, 1.82) is 0 Å². The lowest BCUT2D eigenvalue weighted by molar-refractivity contribution is 0.0946. The van der Waals surface area contributed by atoms with Crippen molar-refractivity contribution in [2.75, 3.05) is 14.2 Å². The maximum absolute atomic E-state index is 12.5. The van der Waals surface area contributed by atoms with Gasteiger partial charge in [0, 0.05) is 18.1 Å². The molecule has 1 heterocycles. The van der Waals surface area contributed by atoms with Crippen LogP contribution in [0.3, 0.4) is 0 Å². The van der Waals surface area contributed by atoms with Crippen LogP contribution in [-0.4, -0.2) is 31.6 Å². The molecule has 0 saturated carbocycles. The molecule has 0 N–H and O–H groups in total. The summed E-state index contributed by atoms with van der Waals surface area (Å²) in [6.45, 7) is 1.30. The Balaban J connectivity index is 2.24. The van der Waals surface area contributed by atoms with Gasteiger partial charge in [0.25, 0.3) is 0 Å². The van der Waals surface area contributed by atoms with Crippen molar-refractivity contribution in [3.05, 3.63) is 46.4 Å². The molecule has 2 aromatic rings. The number of fused-ring (bicyclic) bond motifs is 2. The molecule has 0 bridgehead atoms. The first kappa shape index (κ1) is 14.1. The molecule has 1 aliphatic rings. The van der Waals surface area contributed by atoms with E-state index in [1.165, 1.54) is 39.3 Å². The average molecular weight is 300 g/mol. The molecular weight excluding hydrogens is 288 g/mol. The highest BCUT2D eigenvalue weighted by molar-refractivity contribution is 6.28. The van der Waals surface area contributed by atoms with Gasteiger partial charge in [-0.05, 0) is 18.2 Å². The van der Waals surface area contributed by atoms with Crippen LogP contribution in [0.4, 0.5) is 0 Å². The number of hydrogen-bond donors (Lipinski definition) is 0. The third-order valence-electron chi connectivity index (χ3n) is 3.54. The molecule has 0 spiro atoms. The zero-order chi connectivity index (χ0) is 16.0. The average Bonchev–Trinajstić information content (AvgIpc) is 2.97. The van der Waals surface area contributed by atoms with Crippen LogP contribution in [0.5, 0.6) is 11.5 Å². The van der Waals surface area contributed by atoms with Gasteiger partial charge in [0.15, 0.2) is 34.6 Å². The number of carbonyl (C=O) groups excluding carboxylic acids is 3. The monoisotopic (exact) mass is 300 g/mol. The summed E-state index contributed by atoms with van der Waals surface area (Å²) in [6, 6.07) is 4.20. The normalized spacial score (nSPS) is 12.7. The Kier molecular flexibility index (Phi) is 3.09. The molecule has 112 valence electrons. The second kappa shape index (κ2) is 4.84. The molecule has 0 radical (unpaired) electrons. The van der Waals surface area contributed by atoms with Crippen molar-refractivity contribution in [2.45, 2.75) is 6.92 Å². The van der Waals surface area contributed by atoms with Gasteiger partial charge in [-0.3, -0.25) is 14.4 Å². The van der Waals surface area contributed by atoms with Crippen molar-refractivity contribution < 1.29 is 28.3 Å². The molecule has 0 aliphatic heterocycles. The summed E-state index contributed by atoms with van der Waals surface area (Å²) in [6.07, 6.45) is 0. The van der Waals surface area contributed by atoms with E-state index in [-0.39, 0.29) is 39.8 Å². The van der Waals surface area contributed by atoms with E-state index >= 15 is 0 Å². The highest BCUT2D eigenvalue weighted by Crippen LogP contribution is 2.37. The first-order chi connectivity index (χ1) is 10.5. The van der Waals surface area contributed by atoms with Gasteiger partial charge in [0.2, 0.25) is 5.78 Å². The van der Waals surface area contributed by atoms with E-state index in [0.29, 0.717) is 11.5 Å². The standard InChI is InChI=1S/C16H12O6/c1-7(17)11-6-10-14(18)8-4-12(20-2)13(21-3)5-9(8)15(19)16(10)22-11/h4-6H,1-3H3. The summed E-state index contributed by atoms with van der Waals surface area (Å²) in [5.41, 5.74) is 0.459. The van der Waals surface area contributed by atoms with Crippen LogP contribution in [0.2, 0.25) is 0 Å². The van der Waals surface area contributed by atoms with Gasteiger partial charge in [-0.1, -0.05) is 0 Å². The van der Waals surface area contributed by atoms with Gasteiger partial charge in [0.1, 0.15) is 0 Å². The SMILES string of the molecule is COc1cc2c(cc1OC)C(=O)c1oc(C(C)=O)cc1C2=O. The number of ether oxygens (including phenoxy) is 2. The molecule has 0 unspecified atom stereocenters. The second-order valence-electron chi connectivity index (χ2n) is 4.82. The smallest absolute Gasteiger partial charge is 0.229 e. The van der Waals surface area contributed by atoms with E-state index in [1.54, 1.807) is 0 Å². The third kappa shape index (κ3) is 1.84. The van der Waals surface area contributed by atoms with Gasteiger partial charge in [-0.25, -0.2) is 0 Å². The number of rotatable bonds is 3. The van der Waals surface area contributed by atoms with Gasteiger partial charge in [0.05, 0.1) is 19.8 Å². The Morgan fingerprint density at radius 1 is 0.909 bits per heavy atom. The molecule has 0 fully saturated rings. The van der Waals surface area contributed by atoms with Crippen molar-refractivity contribution in [3.8, 4) is 11.5 Å². The lowest BCUT2D eigenvalue weighted by Crippen LogP contribution is -2.19. The largest absolute Gasteiger partial charge is 0.493 e. The van der Waals surface area contributed by atoms with Crippen LogP contribution in [0.25, 0.3) is 0 Å². The zero-order valence-electron chi connectivity index (χ0n) is 12.2. The number of furan rings is 1. The maximum Gasteiger partial charge on any atom is 0.229 e. The number of methoxy groups -OCH3 is 2. The van der Waals surface area contributed by atoms with Crippen LogP contribution >= 0.6 is 0 Å². The van der Waals surface area contributed by atoms with Crippen molar-refractivity contribution in [3.63, 3.8) is 0 Å². The van der Waals surface area contributed by atoms with E-state index in [1.807, 2.05) is 0 Å². The Labute approximate surface area is 125 Å². The zero-order valence-corrected chi connectivity index (χ0v) is 12.2. The molecule has 1 aromatic heterocycles. The molecule has 0 saturated heterocycles. The lowest BCUT2D eigenvalue weighted by atomic mass is 9.88. The Hall–Kier alpha value is -2.89. The summed E-state index contributed by atoms with van der Waals surface area (Å²) in [7, 11) is 2.88. The van der Waals surface area contributed by atoms with Gasteiger partial charge >= 0.3 is 0 Å². The Bertz CT molecular complexity index is 767. The van der Waals surface area contributed by atoms with Crippen LogP contribution in [0.15, 0.2) is 22.6 Å². The minimum atomic E-state index is -0.460. The van der Waals surface area contributed by atoms with Crippen LogP contribution in [-0.2, 0) is 0 Å². The van der Waals surface area contributed by atoms with E-state index in [2.05, 4.69) is 0 Å². The molecule has 1 aliphatic carbocycles. The summed E-state index contributed by atoms with van der Waals surface area (Å²) in [5, 5.41) is 0. The van der Waals surface area contributed by atoms with Crippen LogP contribution in [0.1, 0.15) is 49.5 Å². The molecule has 1 aromatic carbocycles. The number of carbonyl (C=O) groups is 3. The minimum absolute atomic E-state index is 0.0153. The molecule has 3 rings (SSSR count). The first-order valence-electron chi connectivity index (χ1n) is 6.48. The number of benzene rings is 1. The summed E-state index contributed by atoms with van der Waals surface area (Å²) in [5.74, 6) is -0.646. The fraction of sp³-hybridized carbons (Fsp3) is 0.188. The Morgan fingerprint density at radius 3 is 1.95 bits per heavy atom. The fourth-order valence-electron chi connectivity index (χ4n) is 2.42. The summed E-state index contributed by atoms with van der Waals surface area (Å²) in [4.78, 5) is 36.4. The van der Waals surface area contributed by atoms with Gasteiger partial charge in [-0.15, -0.1) is 0 Å². The molecule has 6 nitrogen and oxygen atoms in total. The maximum atomic E-state index is 12.5. The highest BCUT2D eigenvalue weighted by atomic mass is 16.5. The highest BCUT2D eigenvalue weighted by Gasteiger charge is 2.35. The molecule has 6 heteroatoms. The number of Topliss-reactive ketones (excluding diaryl/α,β-unsaturated/α-hetero) is 1. The van der Waals surface area contributed by atoms with E-state index in [0.717, 1.165) is 0 Å². The van der Waals surface area contributed by atoms with Gasteiger partial charge < -0.3 is 13.9 Å². The predicted octanol–water partition coefficient (Wildman–Crippen LogP) is 2.27. The molecular formula is C16H12O6. The van der Waals surface area contributed by atoms with Crippen molar-refractivity contribution in [1.82, 2.24) is 0 Å². The van der Waals surface area contributed by atoms with Crippen LogP contribution in [0, 0.1) is 0 Å². The minimum Gasteiger partial charge on any atom is -0.493 e. The first-order valence-corrected chi connectivity index (χ1v) is 6.48. The molecule has 0 amide bonds. The summed E-state index contributed by atoms with van der Waals surface area (Å²) >= 11 is 0. The number of ketones is 3.